The molecule has 0 atom stereocenters. The van der Waals surface area contributed by atoms with Gasteiger partial charge in [-0.25, -0.2) is 0 Å². The highest BCUT2D eigenvalue weighted by Gasteiger charge is 2.19. The second-order valence-electron chi connectivity index (χ2n) is 4.03. The Morgan fingerprint density at radius 2 is 2.05 bits per heavy atom. The summed E-state index contributed by atoms with van der Waals surface area (Å²) in [6.45, 7) is 2.09. The van der Waals surface area contributed by atoms with Crippen molar-refractivity contribution in [2.45, 2.75) is 6.92 Å². The van der Waals surface area contributed by atoms with Gasteiger partial charge in [-0.2, -0.15) is 0 Å². The number of amides is 1. The molecule has 0 unspecified atom stereocenters. The molecule has 0 fully saturated rings. The highest BCUT2D eigenvalue weighted by Crippen LogP contribution is 2.32. The Labute approximate surface area is 110 Å². The second-order valence-corrected chi connectivity index (χ2v) is 4.03. The van der Waals surface area contributed by atoms with Crippen LogP contribution >= 0.6 is 0 Å². The summed E-state index contributed by atoms with van der Waals surface area (Å²) in [7, 11) is 1.55. The molecule has 2 rings (SSSR count). The molecule has 6 nitrogen and oxygen atoms in total. The maximum atomic E-state index is 12.1. The molecule has 1 amide bonds. The molecule has 1 aliphatic heterocycles. The first-order chi connectivity index (χ1) is 9.11. The number of benzene rings is 1. The molecule has 0 radical (unpaired) electrons. The fraction of sp³-hybridized carbons (Fsp3) is 0.385. The Balaban J connectivity index is 2.05. The van der Waals surface area contributed by atoms with E-state index in [2.05, 4.69) is 0 Å². The van der Waals surface area contributed by atoms with Crippen LogP contribution in [0.5, 0.6) is 11.5 Å². The van der Waals surface area contributed by atoms with Crippen LogP contribution in [0.25, 0.3) is 0 Å². The largest absolute Gasteiger partial charge is 0.465 e. The van der Waals surface area contributed by atoms with E-state index < -0.39 is 5.97 Å². The number of esters is 1. The van der Waals surface area contributed by atoms with Crippen LogP contribution in [-0.4, -0.2) is 43.8 Å². The number of fused-ring (bicyclic) bond motifs is 1. The third-order valence-corrected chi connectivity index (χ3v) is 2.64. The van der Waals surface area contributed by atoms with Crippen molar-refractivity contribution in [2.75, 3.05) is 27.0 Å². The minimum absolute atomic E-state index is 0.0822. The van der Waals surface area contributed by atoms with E-state index in [4.69, 9.17) is 14.2 Å². The summed E-state index contributed by atoms with van der Waals surface area (Å²) in [6.07, 6.45) is 0. The van der Waals surface area contributed by atoms with E-state index >= 15 is 0 Å². The van der Waals surface area contributed by atoms with Crippen LogP contribution in [0.1, 0.15) is 17.3 Å². The van der Waals surface area contributed by atoms with Gasteiger partial charge in [0.1, 0.15) is 6.54 Å². The first-order valence-electron chi connectivity index (χ1n) is 5.92. The molecule has 1 aromatic rings. The molecule has 0 spiro atoms. The molecule has 19 heavy (non-hydrogen) atoms. The van der Waals surface area contributed by atoms with Gasteiger partial charge in [-0.3, -0.25) is 9.59 Å². The topological polar surface area (TPSA) is 65.1 Å². The van der Waals surface area contributed by atoms with E-state index in [-0.39, 0.29) is 19.2 Å². The average Bonchev–Trinajstić information content (AvgIpc) is 2.85. The van der Waals surface area contributed by atoms with E-state index in [9.17, 15) is 9.59 Å². The maximum absolute atomic E-state index is 12.1. The van der Waals surface area contributed by atoms with E-state index in [1.807, 2.05) is 0 Å². The van der Waals surface area contributed by atoms with Crippen molar-refractivity contribution < 1.29 is 23.8 Å². The molecule has 102 valence electrons. The third kappa shape index (κ3) is 2.96. The third-order valence-electron chi connectivity index (χ3n) is 2.64. The van der Waals surface area contributed by atoms with Crippen molar-refractivity contribution in [3.05, 3.63) is 23.8 Å². The van der Waals surface area contributed by atoms with Gasteiger partial charge in [-0.1, -0.05) is 0 Å². The Morgan fingerprint density at radius 1 is 1.32 bits per heavy atom. The predicted molar refractivity (Wildman–Crippen MR) is 66.2 cm³/mol. The van der Waals surface area contributed by atoms with Crippen LogP contribution in [0.3, 0.4) is 0 Å². The Bertz CT molecular complexity index is 500. The van der Waals surface area contributed by atoms with E-state index in [0.29, 0.717) is 23.7 Å². The number of hydrogen-bond donors (Lipinski definition) is 0. The summed E-state index contributed by atoms with van der Waals surface area (Å²) in [5, 5.41) is 0. The minimum atomic E-state index is -0.431. The molecule has 1 aromatic carbocycles. The molecule has 0 aromatic heterocycles. The summed E-state index contributed by atoms with van der Waals surface area (Å²) >= 11 is 0. The number of ether oxygens (including phenoxy) is 3. The second kappa shape index (κ2) is 5.60. The predicted octanol–water partition coefficient (Wildman–Crippen LogP) is 1.05. The molecule has 0 saturated heterocycles. The fourth-order valence-corrected chi connectivity index (χ4v) is 1.72. The number of rotatable bonds is 4. The zero-order chi connectivity index (χ0) is 13.8. The zero-order valence-corrected chi connectivity index (χ0v) is 10.8. The van der Waals surface area contributed by atoms with Crippen LogP contribution in [0, 0.1) is 0 Å². The number of hydrogen-bond acceptors (Lipinski definition) is 5. The molecular formula is C13H15NO5. The van der Waals surface area contributed by atoms with E-state index in [1.165, 1.54) is 4.90 Å². The lowest BCUT2D eigenvalue weighted by molar-refractivity contribution is -0.143. The summed E-state index contributed by atoms with van der Waals surface area (Å²) in [5.74, 6) is 0.449. The SMILES string of the molecule is CCOC(=O)CN(C)C(=O)c1ccc2c(c1)OCO2. The molecule has 1 aliphatic rings. The average molecular weight is 265 g/mol. The molecule has 1 heterocycles. The normalized spacial score (nSPS) is 12.1. The lowest BCUT2D eigenvalue weighted by Gasteiger charge is -2.16. The summed E-state index contributed by atoms with van der Waals surface area (Å²) in [6, 6.07) is 4.91. The van der Waals surface area contributed by atoms with Gasteiger partial charge in [0.2, 0.25) is 6.79 Å². The Hall–Kier alpha value is -2.24. The highest BCUT2D eigenvalue weighted by molar-refractivity contribution is 5.96. The van der Waals surface area contributed by atoms with Crippen molar-refractivity contribution in [2.24, 2.45) is 0 Å². The van der Waals surface area contributed by atoms with Gasteiger partial charge < -0.3 is 19.1 Å². The van der Waals surface area contributed by atoms with Crippen molar-refractivity contribution >= 4 is 11.9 Å². The number of likely N-dealkylation sites (N-methyl/N-ethyl adjacent to an activating group) is 1. The van der Waals surface area contributed by atoms with Crippen LogP contribution in [0.4, 0.5) is 0 Å². The van der Waals surface area contributed by atoms with Crippen LogP contribution in [0.2, 0.25) is 0 Å². The van der Waals surface area contributed by atoms with Gasteiger partial charge in [-0.15, -0.1) is 0 Å². The lowest BCUT2D eigenvalue weighted by Crippen LogP contribution is -2.33. The van der Waals surface area contributed by atoms with Gasteiger partial charge in [0.15, 0.2) is 11.5 Å². The van der Waals surface area contributed by atoms with Crippen molar-refractivity contribution in [3.63, 3.8) is 0 Å². The van der Waals surface area contributed by atoms with Crippen molar-refractivity contribution in [1.29, 1.82) is 0 Å². The van der Waals surface area contributed by atoms with Gasteiger partial charge in [-0.05, 0) is 25.1 Å². The first-order valence-corrected chi connectivity index (χ1v) is 5.92. The maximum Gasteiger partial charge on any atom is 0.325 e. The zero-order valence-electron chi connectivity index (χ0n) is 10.8. The molecule has 0 N–H and O–H groups in total. The quantitative estimate of drug-likeness (QED) is 0.761. The molecule has 0 saturated carbocycles. The van der Waals surface area contributed by atoms with Gasteiger partial charge >= 0.3 is 5.97 Å². The summed E-state index contributed by atoms with van der Waals surface area (Å²) < 4.78 is 15.2. The number of carbonyl (C=O) groups excluding carboxylic acids is 2. The van der Waals surface area contributed by atoms with Gasteiger partial charge in [0.05, 0.1) is 6.61 Å². The van der Waals surface area contributed by atoms with Gasteiger partial charge in [0.25, 0.3) is 5.91 Å². The minimum Gasteiger partial charge on any atom is -0.465 e. The van der Waals surface area contributed by atoms with E-state index in [0.717, 1.165) is 0 Å². The number of carbonyl (C=O) groups is 2. The van der Waals surface area contributed by atoms with Crippen LogP contribution in [0.15, 0.2) is 18.2 Å². The molecule has 0 aliphatic carbocycles. The Morgan fingerprint density at radius 3 is 2.79 bits per heavy atom. The fourth-order valence-electron chi connectivity index (χ4n) is 1.72. The Kier molecular flexibility index (Phi) is 3.89. The van der Waals surface area contributed by atoms with Crippen LogP contribution < -0.4 is 9.47 Å². The smallest absolute Gasteiger partial charge is 0.325 e. The summed E-state index contributed by atoms with van der Waals surface area (Å²) in [4.78, 5) is 24.7. The van der Waals surface area contributed by atoms with Crippen molar-refractivity contribution in [1.82, 2.24) is 4.90 Å². The molecule has 0 bridgehead atoms. The van der Waals surface area contributed by atoms with Crippen LogP contribution in [-0.2, 0) is 9.53 Å². The van der Waals surface area contributed by atoms with Gasteiger partial charge in [0, 0.05) is 12.6 Å². The number of nitrogens with zero attached hydrogens (tertiary/aromatic N) is 1. The highest BCUT2D eigenvalue weighted by atomic mass is 16.7. The molecular weight excluding hydrogens is 250 g/mol. The summed E-state index contributed by atoms with van der Waals surface area (Å²) in [5.41, 5.74) is 0.441. The molecule has 6 heteroatoms. The first kappa shape index (κ1) is 13.2. The standard InChI is InChI=1S/C13H15NO5/c1-3-17-12(15)7-14(2)13(16)9-4-5-10-11(6-9)19-8-18-10/h4-6H,3,7-8H2,1-2H3. The monoisotopic (exact) mass is 265 g/mol. The van der Waals surface area contributed by atoms with Crippen molar-refractivity contribution in [3.8, 4) is 11.5 Å². The lowest BCUT2D eigenvalue weighted by atomic mass is 10.2. The van der Waals surface area contributed by atoms with E-state index in [1.54, 1.807) is 32.2 Å².